The average molecular weight is 405 g/mol. The molecule has 2 amide bonds. The third-order valence-electron chi connectivity index (χ3n) is 3.66. The molecule has 3 aromatic rings. The number of para-hydroxylation sites is 1. The third-order valence-corrected chi connectivity index (χ3v) is 5.02. The first-order valence-electron chi connectivity index (χ1n) is 7.78. The highest BCUT2D eigenvalue weighted by molar-refractivity contribution is 7.90. The number of fused-ring (bicyclic) bond motifs is 1. The lowest BCUT2D eigenvalue weighted by Gasteiger charge is -2.08. The maximum absolute atomic E-state index is 12.6. The largest absolute Gasteiger partial charge is 0.481 e. The molecule has 0 radical (unpaired) electrons. The summed E-state index contributed by atoms with van der Waals surface area (Å²) in [6.45, 7) is 1.64. The fourth-order valence-corrected chi connectivity index (χ4v) is 3.64. The predicted molar refractivity (Wildman–Crippen MR) is 98.0 cm³/mol. The standard InChI is InChI=1S/C16H15N5O6S/c1-9-7-13(27-2)18-14(17-9)19-15(22)20-28(25,26)12-8-21(16(23)24)11-6-4-3-5-10(11)12/h3-8H,1-2H3,(H,23,24)(H2,17,18,19,20,22). The zero-order valence-corrected chi connectivity index (χ0v) is 15.5. The Bertz CT molecular complexity index is 1190. The number of rotatable bonds is 4. The molecule has 0 saturated heterocycles. The van der Waals surface area contributed by atoms with Crippen LogP contribution in [0.15, 0.2) is 41.4 Å². The normalized spacial score (nSPS) is 11.2. The quantitative estimate of drug-likeness (QED) is 0.594. The summed E-state index contributed by atoms with van der Waals surface area (Å²) in [5.41, 5.74) is 0.664. The Balaban J connectivity index is 1.90. The number of hydrogen-bond acceptors (Lipinski definition) is 7. The van der Waals surface area contributed by atoms with Crippen molar-refractivity contribution in [2.75, 3.05) is 12.4 Å². The molecule has 0 saturated carbocycles. The number of benzene rings is 1. The first-order chi connectivity index (χ1) is 13.2. The van der Waals surface area contributed by atoms with Gasteiger partial charge in [0.25, 0.3) is 10.0 Å². The van der Waals surface area contributed by atoms with Crippen LogP contribution in [0.25, 0.3) is 10.9 Å². The molecule has 11 nitrogen and oxygen atoms in total. The molecule has 0 aliphatic rings. The van der Waals surface area contributed by atoms with Crippen LogP contribution in [-0.2, 0) is 10.0 Å². The summed E-state index contributed by atoms with van der Waals surface area (Å²) >= 11 is 0. The Morgan fingerprint density at radius 1 is 1.21 bits per heavy atom. The number of amides is 2. The predicted octanol–water partition coefficient (Wildman–Crippen LogP) is 1.78. The molecule has 0 spiro atoms. The molecule has 0 aliphatic heterocycles. The van der Waals surface area contributed by atoms with Gasteiger partial charge in [0.1, 0.15) is 4.90 Å². The summed E-state index contributed by atoms with van der Waals surface area (Å²) in [5, 5.41) is 11.6. The van der Waals surface area contributed by atoms with Gasteiger partial charge in [-0.15, -0.1) is 0 Å². The molecule has 3 N–H and O–H groups in total. The van der Waals surface area contributed by atoms with E-state index in [0.717, 1.165) is 10.8 Å². The van der Waals surface area contributed by atoms with Gasteiger partial charge < -0.3 is 9.84 Å². The van der Waals surface area contributed by atoms with Crippen LogP contribution >= 0.6 is 0 Å². The van der Waals surface area contributed by atoms with E-state index in [2.05, 4.69) is 15.3 Å². The molecule has 12 heteroatoms. The Labute approximate surface area is 159 Å². The molecule has 0 atom stereocenters. The molecule has 2 heterocycles. The molecular weight excluding hydrogens is 390 g/mol. The molecule has 28 heavy (non-hydrogen) atoms. The maximum Gasteiger partial charge on any atom is 0.416 e. The first-order valence-corrected chi connectivity index (χ1v) is 9.26. The lowest BCUT2D eigenvalue weighted by atomic mass is 10.2. The summed E-state index contributed by atoms with van der Waals surface area (Å²) in [6.07, 6.45) is -0.434. The van der Waals surface area contributed by atoms with Crippen LogP contribution < -0.4 is 14.8 Å². The maximum atomic E-state index is 12.6. The SMILES string of the molecule is COc1cc(C)nc(NC(=O)NS(=O)(=O)c2cn(C(=O)O)c3ccccc23)n1. The van der Waals surface area contributed by atoms with Crippen molar-refractivity contribution in [1.29, 1.82) is 0 Å². The van der Waals surface area contributed by atoms with Crippen LogP contribution in [-0.4, -0.2) is 47.3 Å². The van der Waals surface area contributed by atoms with E-state index in [0.29, 0.717) is 5.69 Å². The van der Waals surface area contributed by atoms with Crippen LogP contribution in [0.2, 0.25) is 0 Å². The number of urea groups is 1. The van der Waals surface area contributed by atoms with E-state index in [1.165, 1.54) is 25.3 Å². The summed E-state index contributed by atoms with van der Waals surface area (Å²) in [5.74, 6) is 0.0349. The summed E-state index contributed by atoms with van der Waals surface area (Å²) in [6, 6.07) is 6.44. The van der Waals surface area contributed by atoms with Gasteiger partial charge in [0.15, 0.2) is 0 Å². The number of nitrogens with zero attached hydrogens (tertiary/aromatic N) is 3. The number of carboxylic acid groups (broad SMARTS) is 1. The van der Waals surface area contributed by atoms with Crippen LogP contribution in [0.4, 0.5) is 15.5 Å². The fraction of sp³-hybridized carbons (Fsp3) is 0.125. The number of sulfonamides is 1. The van der Waals surface area contributed by atoms with E-state index in [9.17, 15) is 23.1 Å². The smallest absolute Gasteiger partial charge is 0.416 e. The van der Waals surface area contributed by atoms with Crippen molar-refractivity contribution in [2.45, 2.75) is 11.8 Å². The minimum Gasteiger partial charge on any atom is -0.481 e. The molecule has 0 unspecified atom stereocenters. The fourth-order valence-electron chi connectivity index (χ4n) is 2.53. The van der Waals surface area contributed by atoms with Gasteiger partial charge in [-0.3, -0.25) is 9.88 Å². The zero-order valence-electron chi connectivity index (χ0n) is 14.7. The van der Waals surface area contributed by atoms with Gasteiger partial charge in [0, 0.05) is 23.3 Å². The topological polar surface area (TPSA) is 153 Å². The van der Waals surface area contributed by atoms with Crippen molar-refractivity contribution in [1.82, 2.24) is 19.3 Å². The number of hydrogen-bond donors (Lipinski definition) is 3. The number of methoxy groups -OCH3 is 1. The Kier molecular flexibility index (Phi) is 4.88. The van der Waals surface area contributed by atoms with E-state index < -0.39 is 22.1 Å². The molecular formula is C16H15N5O6S. The highest BCUT2D eigenvalue weighted by atomic mass is 32.2. The van der Waals surface area contributed by atoms with Crippen LogP contribution in [0.1, 0.15) is 5.69 Å². The summed E-state index contributed by atoms with van der Waals surface area (Å²) < 4.78 is 32.8. The van der Waals surface area contributed by atoms with Gasteiger partial charge in [-0.25, -0.2) is 27.7 Å². The lowest BCUT2D eigenvalue weighted by Crippen LogP contribution is -2.34. The van der Waals surface area contributed by atoms with E-state index in [-0.39, 0.29) is 27.6 Å². The number of nitrogens with one attached hydrogen (secondary N) is 2. The number of carbonyl (C=O) groups excluding carboxylic acids is 1. The number of anilines is 1. The molecule has 2 aromatic heterocycles. The number of carbonyl (C=O) groups is 2. The Hall–Kier alpha value is -3.67. The van der Waals surface area contributed by atoms with E-state index in [1.807, 2.05) is 4.72 Å². The van der Waals surface area contributed by atoms with Gasteiger partial charge in [0.05, 0.1) is 12.6 Å². The zero-order chi connectivity index (χ0) is 20.5. The van der Waals surface area contributed by atoms with Crippen molar-refractivity contribution in [3.05, 3.63) is 42.2 Å². The monoisotopic (exact) mass is 405 g/mol. The van der Waals surface area contributed by atoms with Crippen LogP contribution in [0, 0.1) is 6.92 Å². The minimum absolute atomic E-state index is 0.152. The Morgan fingerprint density at radius 3 is 2.61 bits per heavy atom. The average Bonchev–Trinajstić information content (AvgIpc) is 3.01. The second-order valence-electron chi connectivity index (χ2n) is 5.60. The van der Waals surface area contributed by atoms with Gasteiger partial charge in [-0.2, -0.15) is 4.98 Å². The number of ether oxygens (including phenoxy) is 1. The molecule has 146 valence electrons. The highest BCUT2D eigenvalue weighted by Crippen LogP contribution is 2.25. The molecule has 0 aliphatic carbocycles. The van der Waals surface area contributed by atoms with Crippen molar-refractivity contribution in [3.63, 3.8) is 0 Å². The van der Waals surface area contributed by atoms with Crippen molar-refractivity contribution in [2.24, 2.45) is 0 Å². The van der Waals surface area contributed by atoms with Gasteiger partial charge in [0.2, 0.25) is 11.8 Å². The summed E-state index contributed by atoms with van der Waals surface area (Å²) in [4.78, 5) is 31.0. The van der Waals surface area contributed by atoms with Crippen molar-refractivity contribution in [3.8, 4) is 5.88 Å². The first kappa shape index (κ1) is 19.1. The van der Waals surface area contributed by atoms with Crippen LogP contribution in [0.3, 0.4) is 0 Å². The third kappa shape index (κ3) is 3.71. The van der Waals surface area contributed by atoms with Gasteiger partial charge >= 0.3 is 12.1 Å². The van der Waals surface area contributed by atoms with Crippen molar-refractivity contribution >= 4 is 39.0 Å². The molecule has 0 bridgehead atoms. The molecule has 0 fully saturated rings. The van der Waals surface area contributed by atoms with E-state index >= 15 is 0 Å². The van der Waals surface area contributed by atoms with Gasteiger partial charge in [-0.1, -0.05) is 18.2 Å². The van der Waals surface area contributed by atoms with E-state index in [1.54, 1.807) is 19.1 Å². The number of aromatic nitrogens is 3. The van der Waals surface area contributed by atoms with Gasteiger partial charge in [-0.05, 0) is 13.0 Å². The summed E-state index contributed by atoms with van der Waals surface area (Å²) in [7, 11) is -2.99. The van der Waals surface area contributed by atoms with Crippen LogP contribution in [0.5, 0.6) is 5.88 Å². The minimum atomic E-state index is -4.38. The lowest BCUT2D eigenvalue weighted by molar-refractivity contribution is 0.197. The van der Waals surface area contributed by atoms with E-state index in [4.69, 9.17) is 4.74 Å². The van der Waals surface area contributed by atoms with Crippen molar-refractivity contribution < 1.29 is 27.9 Å². The Morgan fingerprint density at radius 2 is 1.93 bits per heavy atom. The second-order valence-corrected chi connectivity index (χ2v) is 7.25. The highest BCUT2D eigenvalue weighted by Gasteiger charge is 2.25. The second kappa shape index (κ2) is 7.15. The molecule has 1 aromatic carbocycles. The number of aryl methyl sites for hydroxylation is 1. The molecule has 3 rings (SSSR count).